The van der Waals surface area contributed by atoms with Crippen LogP contribution in [-0.2, 0) is 30.4 Å². The van der Waals surface area contributed by atoms with Gasteiger partial charge in [0.05, 0.1) is 12.1 Å². The van der Waals surface area contributed by atoms with Gasteiger partial charge in [0.25, 0.3) is 0 Å². The molecule has 36 heavy (non-hydrogen) atoms. The molecule has 13 nitrogen and oxygen atoms in total. The van der Waals surface area contributed by atoms with Crippen molar-refractivity contribution >= 4 is 40.6 Å². The fraction of sp³-hybridized carbons (Fsp3) is 0.435. The molecule has 2 rings (SSSR count). The number of aromatic nitrogens is 1. The minimum Gasteiger partial charge on any atom is -0.481 e. The molecule has 196 valence electrons. The average Bonchev–Trinajstić information content (AvgIpc) is 3.21. The molecule has 1 aromatic carbocycles. The number of nitrogens with two attached hydrogens (primary N) is 1. The first-order valence-electron chi connectivity index (χ1n) is 11.2. The Morgan fingerprint density at radius 1 is 0.972 bits per heavy atom. The zero-order valence-corrected chi connectivity index (χ0v) is 19.9. The number of carbonyl (C=O) groups is 5. The molecular weight excluding hydrogens is 474 g/mol. The molecule has 1 heterocycles. The van der Waals surface area contributed by atoms with Crippen LogP contribution in [0.2, 0.25) is 0 Å². The van der Waals surface area contributed by atoms with Crippen LogP contribution in [0.5, 0.6) is 0 Å². The van der Waals surface area contributed by atoms with E-state index in [1.54, 1.807) is 6.20 Å². The van der Waals surface area contributed by atoms with E-state index in [2.05, 4.69) is 20.9 Å². The number of aliphatic carboxylic acids is 2. The molecule has 0 aliphatic carbocycles. The first-order chi connectivity index (χ1) is 16.9. The van der Waals surface area contributed by atoms with Crippen molar-refractivity contribution in [2.24, 2.45) is 5.73 Å². The van der Waals surface area contributed by atoms with Crippen molar-refractivity contribution in [2.75, 3.05) is 0 Å². The lowest BCUT2D eigenvalue weighted by Crippen LogP contribution is -2.57. The molecule has 5 unspecified atom stereocenters. The number of H-pyrrole nitrogens is 1. The quantitative estimate of drug-likeness (QED) is 0.164. The molecule has 5 atom stereocenters. The van der Waals surface area contributed by atoms with Crippen molar-refractivity contribution in [3.05, 3.63) is 36.0 Å². The van der Waals surface area contributed by atoms with E-state index >= 15 is 0 Å². The van der Waals surface area contributed by atoms with Gasteiger partial charge in [-0.05, 0) is 38.3 Å². The second kappa shape index (κ2) is 12.7. The fourth-order valence-electron chi connectivity index (χ4n) is 3.49. The zero-order chi connectivity index (χ0) is 27.0. The van der Waals surface area contributed by atoms with E-state index in [-0.39, 0.29) is 12.8 Å². The summed E-state index contributed by atoms with van der Waals surface area (Å²) in [5, 5.41) is 35.4. The maximum Gasteiger partial charge on any atom is 0.328 e. The Morgan fingerprint density at radius 2 is 1.64 bits per heavy atom. The molecule has 1 aromatic heterocycles. The van der Waals surface area contributed by atoms with Gasteiger partial charge < -0.3 is 42.0 Å². The molecule has 0 saturated heterocycles. The van der Waals surface area contributed by atoms with E-state index in [1.807, 2.05) is 24.3 Å². The lowest BCUT2D eigenvalue weighted by Gasteiger charge is -2.24. The van der Waals surface area contributed by atoms with Crippen molar-refractivity contribution in [3.63, 3.8) is 0 Å². The standard InChI is InChI=1S/C23H31N5O8/c1-11(26-21(33)15(24)9-13-10-25-16-6-4-3-5-14(13)16)20(32)27-17(7-8-18(30)31)22(34)28-19(12(2)29)23(35)36/h3-6,10-12,15,17,19,25,29H,7-9,24H2,1-2H3,(H,26,33)(H,27,32)(H,28,34)(H,30,31)(H,35,36). The summed E-state index contributed by atoms with van der Waals surface area (Å²) in [6.45, 7) is 2.51. The summed E-state index contributed by atoms with van der Waals surface area (Å²) in [6, 6.07) is 2.28. The second-order valence-corrected chi connectivity index (χ2v) is 8.46. The lowest BCUT2D eigenvalue weighted by molar-refractivity contribution is -0.145. The highest BCUT2D eigenvalue weighted by atomic mass is 16.4. The number of fused-ring (bicyclic) bond motifs is 1. The molecule has 9 N–H and O–H groups in total. The van der Waals surface area contributed by atoms with Gasteiger partial charge in [-0.25, -0.2) is 4.79 Å². The third kappa shape index (κ3) is 7.78. The monoisotopic (exact) mass is 505 g/mol. The minimum atomic E-state index is -1.67. The number of para-hydroxylation sites is 1. The van der Waals surface area contributed by atoms with E-state index < -0.39 is 66.4 Å². The van der Waals surface area contributed by atoms with Gasteiger partial charge >= 0.3 is 11.9 Å². The second-order valence-electron chi connectivity index (χ2n) is 8.46. The first-order valence-corrected chi connectivity index (χ1v) is 11.2. The van der Waals surface area contributed by atoms with Gasteiger partial charge in [-0.15, -0.1) is 0 Å². The highest BCUT2D eigenvalue weighted by molar-refractivity contribution is 5.94. The van der Waals surface area contributed by atoms with Crippen LogP contribution in [0.4, 0.5) is 0 Å². The molecule has 13 heteroatoms. The molecule has 0 aliphatic heterocycles. The van der Waals surface area contributed by atoms with Crippen molar-refractivity contribution in [2.45, 2.75) is 63.4 Å². The number of carbonyl (C=O) groups excluding carboxylic acids is 3. The predicted octanol–water partition coefficient (Wildman–Crippen LogP) is -1.16. The van der Waals surface area contributed by atoms with Crippen LogP contribution in [0, 0.1) is 0 Å². The van der Waals surface area contributed by atoms with Gasteiger partial charge in [0.1, 0.15) is 12.1 Å². The van der Waals surface area contributed by atoms with E-state index in [1.165, 1.54) is 6.92 Å². The molecule has 0 radical (unpaired) electrons. The average molecular weight is 506 g/mol. The van der Waals surface area contributed by atoms with E-state index in [4.69, 9.17) is 15.9 Å². The van der Waals surface area contributed by atoms with Gasteiger partial charge in [-0.2, -0.15) is 0 Å². The summed E-state index contributed by atoms with van der Waals surface area (Å²) in [7, 11) is 0. The number of hydrogen-bond acceptors (Lipinski definition) is 7. The summed E-state index contributed by atoms with van der Waals surface area (Å²) in [5.41, 5.74) is 7.73. The van der Waals surface area contributed by atoms with E-state index in [0.29, 0.717) is 0 Å². The third-order valence-electron chi connectivity index (χ3n) is 5.53. The number of hydrogen-bond donors (Lipinski definition) is 8. The van der Waals surface area contributed by atoms with Crippen molar-refractivity contribution in [1.29, 1.82) is 0 Å². The molecule has 2 aromatic rings. The fourth-order valence-corrected chi connectivity index (χ4v) is 3.49. The molecular formula is C23H31N5O8. The molecule has 0 fully saturated rings. The molecule has 3 amide bonds. The van der Waals surface area contributed by atoms with Crippen molar-refractivity contribution < 1.29 is 39.3 Å². The summed E-state index contributed by atoms with van der Waals surface area (Å²) in [5.74, 6) is -5.16. The zero-order valence-electron chi connectivity index (χ0n) is 19.9. The van der Waals surface area contributed by atoms with Gasteiger partial charge in [0, 0.05) is 23.5 Å². The number of aliphatic hydroxyl groups is 1. The van der Waals surface area contributed by atoms with Gasteiger partial charge in [0.15, 0.2) is 6.04 Å². The SMILES string of the molecule is CC(NC(=O)C(N)Cc1c[nH]c2ccccc12)C(=O)NC(CCC(=O)O)C(=O)NC(C(=O)O)C(C)O. The van der Waals surface area contributed by atoms with E-state index in [9.17, 15) is 29.1 Å². The minimum absolute atomic E-state index is 0.198. The molecule has 0 aliphatic rings. The largest absolute Gasteiger partial charge is 0.481 e. The van der Waals surface area contributed by atoms with Crippen LogP contribution < -0.4 is 21.7 Å². The number of aliphatic hydroxyl groups excluding tert-OH is 1. The highest BCUT2D eigenvalue weighted by Gasteiger charge is 2.31. The number of rotatable bonds is 13. The first kappa shape index (κ1) is 28.3. The van der Waals surface area contributed by atoms with Crippen LogP contribution in [0.25, 0.3) is 10.9 Å². The normalized spacial score (nSPS) is 15.2. The van der Waals surface area contributed by atoms with E-state index in [0.717, 1.165) is 23.4 Å². The highest BCUT2D eigenvalue weighted by Crippen LogP contribution is 2.18. The van der Waals surface area contributed by atoms with Gasteiger partial charge in [-0.1, -0.05) is 18.2 Å². The third-order valence-corrected chi connectivity index (χ3v) is 5.53. The Morgan fingerprint density at radius 3 is 2.25 bits per heavy atom. The maximum atomic E-state index is 12.6. The summed E-state index contributed by atoms with van der Waals surface area (Å²) < 4.78 is 0. The van der Waals surface area contributed by atoms with Crippen molar-refractivity contribution in [3.8, 4) is 0 Å². The number of nitrogens with one attached hydrogen (secondary N) is 4. The topological polar surface area (TPSA) is 224 Å². The lowest BCUT2D eigenvalue weighted by atomic mass is 10.0. The van der Waals surface area contributed by atoms with Gasteiger partial charge in [-0.3, -0.25) is 19.2 Å². The van der Waals surface area contributed by atoms with Crippen LogP contribution in [0.3, 0.4) is 0 Å². The molecule has 0 saturated carbocycles. The van der Waals surface area contributed by atoms with Crippen LogP contribution in [0.1, 0.15) is 32.3 Å². The Labute approximate surface area is 206 Å². The Hall–Kier alpha value is -3.97. The van der Waals surface area contributed by atoms with Crippen LogP contribution in [-0.4, -0.2) is 80.2 Å². The number of carboxylic acid groups (broad SMARTS) is 2. The summed E-state index contributed by atoms with van der Waals surface area (Å²) in [6.07, 6.45) is -0.346. The van der Waals surface area contributed by atoms with Gasteiger partial charge in [0.2, 0.25) is 17.7 Å². The molecule has 0 spiro atoms. The number of amides is 3. The number of carboxylic acids is 2. The Bertz CT molecular complexity index is 1110. The predicted molar refractivity (Wildman–Crippen MR) is 128 cm³/mol. The smallest absolute Gasteiger partial charge is 0.328 e. The summed E-state index contributed by atoms with van der Waals surface area (Å²) >= 11 is 0. The van der Waals surface area contributed by atoms with Crippen LogP contribution in [0.15, 0.2) is 30.5 Å². The molecule has 0 bridgehead atoms. The Kier molecular flexibility index (Phi) is 9.93. The Balaban J connectivity index is 2.01. The summed E-state index contributed by atoms with van der Waals surface area (Å²) in [4.78, 5) is 63.1. The van der Waals surface area contributed by atoms with Crippen LogP contribution >= 0.6 is 0 Å². The number of aromatic amines is 1. The van der Waals surface area contributed by atoms with Crippen molar-refractivity contribution in [1.82, 2.24) is 20.9 Å². The number of benzene rings is 1. The maximum absolute atomic E-state index is 12.6.